The molecule has 68 valence electrons. The Bertz CT molecular complexity index is 461. The first-order valence-corrected chi connectivity index (χ1v) is 5.15. The SMILES string of the molecule is N#Cc1nccnc1Sc1ncns1. The summed E-state index contributed by atoms with van der Waals surface area (Å²) in [6.45, 7) is 0. The molecular formula is C7H3N5S2. The van der Waals surface area contributed by atoms with Crippen LogP contribution in [0.2, 0.25) is 0 Å². The number of hydrogen-bond acceptors (Lipinski definition) is 7. The van der Waals surface area contributed by atoms with Crippen molar-refractivity contribution < 1.29 is 0 Å². The first-order chi connectivity index (χ1) is 6.90. The molecule has 0 unspecified atom stereocenters. The van der Waals surface area contributed by atoms with E-state index in [1.54, 1.807) is 6.20 Å². The number of nitriles is 1. The molecule has 2 heterocycles. The molecule has 0 aliphatic carbocycles. The predicted octanol–water partition coefficient (Wildman–Crippen LogP) is 1.35. The molecule has 0 saturated carbocycles. The fraction of sp³-hybridized carbons (Fsp3) is 0. The van der Waals surface area contributed by atoms with E-state index in [9.17, 15) is 0 Å². The summed E-state index contributed by atoms with van der Waals surface area (Å²) in [5.41, 5.74) is 0.313. The first-order valence-electron chi connectivity index (χ1n) is 3.56. The molecule has 5 nitrogen and oxygen atoms in total. The lowest BCUT2D eigenvalue weighted by atomic mass is 10.5. The van der Waals surface area contributed by atoms with Crippen LogP contribution in [0.15, 0.2) is 28.1 Å². The van der Waals surface area contributed by atoms with Gasteiger partial charge in [-0.2, -0.15) is 9.64 Å². The molecule has 0 saturated heterocycles. The van der Waals surface area contributed by atoms with Crippen LogP contribution in [0, 0.1) is 11.3 Å². The highest BCUT2D eigenvalue weighted by molar-refractivity contribution is 8.00. The lowest BCUT2D eigenvalue weighted by molar-refractivity contribution is 1.02. The van der Waals surface area contributed by atoms with E-state index in [2.05, 4.69) is 19.3 Å². The van der Waals surface area contributed by atoms with E-state index in [1.807, 2.05) is 6.07 Å². The summed E-state index contributed by atoms with van der Waals surface area (Å²) in [4.78, 5) is 11.9. The number of nitrogens with zero attached hydrogens (tertiary/aromatic N) is 5. The van der Waals surface area contributed by atoms with Crippen LogP contribution in [-0.2, 0) is 0 Å². The highest BCUT2D eigenvalue weighted by Crippen LogP contribution is 2.27. The van der Waals surface area contributed by atoms with Crippen molar-refractivity contribution in [3.63, 3.8) is 0 Å². The van der Waals surface area contributed by atoms with Crippen molar-refractivity contribution >= 4 is 23.3 Å². The average Bonchev–Trinajstić information content (AvgIpc) is 2.71. The van der Waals surface area contributed by atoms with Crippen LogP contribution in [0.5, 0.6) is 0 Å². The Morgan fingerprint density at radius 2 is 2.14 bits per heavy atom. The highest BCUT2D eigenvalue weighted by atomic mass is 32.2. The topological polar surface area (TPSA) is 75.3 Å². The standard InChI is InChI=1S/C7H3N5S2/c8-3-5-6(10-2-1-9-5)13-7-11-4-12-14-7/h1-2,4H. The van der Waals surface area contributed by atoms with Crippen molar-refractivity contribution in [2.24, 2.45) is 0 Å². The molecule has 0 spiro atoms. The smallest absolute Gasteiger partial charge is 0.176 e. The summed E-state index contributed by atoms with van der Waals surface area (Å²) in [6.07, 6.45) is 4.50. The second kappa shape index (κ2) is 4.13. The third-order valence-electron chi connectivity index (χ3n) is 1.30. The Balaban J connectivity index is 2.30. The van der Waals surface area contributed by atoms with Gasteiger partial charge in [-0.25, -0.2) is 15.0 Å². The zero-order chi connectivity index (χ0) is 9.80. The minimum absolute atomic E-state index is 0.313. The van der Waals surface area contributed by atoms with E-state index in [-0.39, 0.29) is 0 Å². The van der Waals surface area contributed by atoms with Gasteiger partial charge in [-0.3, -0.25) is 0 Å². The van der Waals surface area contributed by atoms with Gasteiger partial charge >= 0.3 is 0 Å². The fourth-order valence-electron chi connectivity index (χ4n) is 0.767. The van der Waals surface area contributed by atoms with Gasteiger partial charge in [0.1, 0.15) is 17.4 Å². The van der Waals surface area contributed by atoms with E-state index in [0.717, 1.165) is 4.34 Å². The minimum atomic E-state index is 0.313. The van der Waals surface area contributed by atoms with Gasteiger partial charge in [0.15, 0.2) is 10.0 Å². The van der Waals surface area contributed by atoms with Gasteiger partial charge in [-0.05, 0) is 23.3 Å². The molecule has 0 aromatic carbocycles. The molecule has 0 aliphatic heterocycles. The van der Waals surface area contributed by atoms with Gasteiger partial charge in [0, 0.05) is 12.4 Å². The Kier molecular flexibility index (Phi) is 2.67. The molecule has 0 radical (unpaired) electrons. The number of hydrogen-bond donors (Lipinski definition) is 0. The van der Waals surface area contributed by atoms with Crippen LogP contribution in [0.25, 0.3) is 0 Å². The van der Waals surface area contributed by atoms with Gasteiger partial charge in [0.25, 0.3) is 0 Å². The van der Waals surface area contributed by atoms with Gasteiger partial charge < -0.3 is 0 Å². The van der Waals surface area contributed by atoms with E-state index in [0.29, 0.717) is 10.7 Å². The van der Waals surface area contributed by atoms with Crippen molar-refractivity contribution in [1.82, 2.24) is 19.3 Å². The van der Waals surface area contributed by atoms with Crippen molar-refractivity contribution in [3.8, 4) is 6.07 Å². The number of rotatable bonds is 2. The summed E-state index contributed by atoms with van der Waals surface area (Å²) >= 11 is 2.56. The predicted molar refractivity (Wildman–Crippen MR) is 50.8 cm³/mol. The van der Waals surface area contributed by atoms with Gasteiger partial charge in [0.05, 0.1) is 0 Å². The molecule has 0 amide bonds. The maximum Gasteiger partial charge on any atom is 0.176 e. The van der Waals surface area contributed by atoms with Crippen LogP contribution in [0.3, 0.4) is 0 Å². The fourth-order valence-corrected chi connectivity index (χ4v) is 2.13. The first kappa shape index (κ1) is 9.05. The second-order valence-electron chi connectivity index (χ2n) is 2.13. The molecule has 7 heteroatoms. The largest absolute Gasteiger partial charge is 0.245 e. The summed E-state index contributed by atoms with van der Waals surface area (Å²) in [6, 6.07) is 1.97. The highest BCUT2D eigenvalue weighted by Gasteiger charge is 2.07. The van der Waals surface area contributed by atoms with Crippen LogP contribution < -0.4 is 0 Å². The molecule has 2 rings (SSSR count). The third kappa shape index (κ3) is 1.86. The summed E-state index contributed by atoms with van der Waals surface area (Å²) in [5.74, 6) is 0. The molecule has 0 bridgehead atoms. The van der Waals surface area contributed by atoms with Crippen molar-refractivity contribution in [3.05, 3.63) is 24.4 Å². The lowest BCUT2D eigenvalue weighted by Crippen LogP contribution is -1.89. The van der Waals surface area contributed by atoms with E-state index >= 15 is 0 Å². The minimum Gasteiger partial charge on any atom is -0.245 e. The molecule has 14 heavy (non-hydrogen) atoms. The maximum atomic E-state index is 8.75. The maximum absolute atomic E-state index is 8.75. The van der Waals surface area contributed by atoms with E-state index < -0.39 is 0 Å². The Morgan fingerprint density at radius 3 is 2.86 bits per heavy atom. The molecule has 0 fully saturated rings. The summed E-state index contributed by atoms with van der Waals surface area (Å²) in [5, 5.41) is 9.31. The molecule has 0 aliphatic rings. The quantitative estimate of drug-likeness (QED) is 0.762. The van der Waals surface area contributed by atoms with Gasteiger partial charge in [0.2, 0.25) is 0 Å². The normalized spacial score (nSPS) is 9.64. The molecule has 0 atom stereocenters. The van der Waals surface area contributed by atoms with Gasteiger partial charge in [-0.1, -0.05) is 0 Å². The zero-order valence-electron chi connectivity index (χ0n) is 6.78. The molecule has 2 aromatic rings. The van der Waals surface area contributed by atoms with Crippen molar-refractivity contribution in [2.45, 2.75) is 9.37 Å². The summed E-state index contributed by atoms with van der Waals surface area (Å²) in [7, 11) is 0. The van der Waals surface area contributed by atoms with Gasteiger partial charge in [-0.15, -0.1) is 0 Å². The summed E-state index contributed by atoms with van der Waals surface area (Å²) < 4.78 is 4.60. The monoisotopic (exact) mass is 221 g/mol. The zero-order valence-corrected chi connectivity index (χ0v) is 8.42. The van der Waals surface area contributed by atoms with Crippen LogP contribution in [0.4, 0.5) is 0 Å². The van der Waals surface area contributed by atoms with Crippen molar-refractivity contribution in [2.75, 3.05) is 0 Å². The van der Waals surface area contributed by atoms with Crippen LogP contribution >= 0.6 is 23.3 Å². The molecular weight excluding hydrogens is 218 g/mol. The average molecular weight is 221 g/mol. The third-order valence-corrected chi connectivity index (χ3v) is 3.00. The van der Waals surface area contributed by atoms with E-state index in [4.69, 9.17) is 5.26 Å². The van der Waals surface area contributed by atoms with Crippen LogP contribution in [-0.4, -0.2) is 19.3 Å². The second-order valence-corrected chi connectivity index (χ2v) is 4.15. The van der Waals surface area contributed by atoms with Crippen LogP contribution in [0.1, 0.15) is 5.69 Å². The molecule has 0 N–H and O–H groups in total. The Morgan fingerprint density at radius 1 is 1.29 bits per heavy atom. The van der Waals surface area contributed by atoms with E-state index in [1.165, 1.54) is 35.8 Å². The lowest BCUT2D eigenvalue weighted by Gasteiger charge is -1.96. The molecule has 2 aromatic heterocycles. The number of aromatic nitrogens is 4. The van der Waals surface area contributed by atoms with Crippen molar-refractivity contribution in [1.29, 1.82) is 5.26 Å². The Labute approximate surface area is 88.0 Å². The Hall–Kier alpha value is -1.52.